The summed E-state index contributed by atoms with van der Waals surface area (Å²) in [6.45, 7) is 2.84. The smallest absolute Gasteiger partial charge is 0.147 e. The molecule has 2 unspecified atom stereocenters. The Hall–Kier alpha value is -0.980. The molecule has 2 rings (SSSR count). The molecule has 0 radical (unpaired) electrons. The van der Waals surface area contributed by atoms with Gasteiger partial charge in [-0.3, -0.25) is 5.84 Å². The van der Waals surface area contributed by atoms with Crippen LogP contribution in [0, 0.1) is 5.92 Å². The number of rotatable bonds is 6. The zero-order chi connectivity index (χ0) is 13.7. The van der Waals surface area contributed by atoms with Crippen LogP contribution in [-0.4, -0.2) is 28.0 Å². The maximum absolute atomic E-state index is 5.76. The molecule has 0 spiro atoms. The van der Waals surface area contributed by atoms with Crippen LogP contribution in [0.1, 0.15) is 50.9 Å². The topological polar surface area (TPSA) is 78.0 Å². The average molecular weight is 267 g/mol. The van der Waals surface area contributed by atoms with Gasteiger partial charge in [0, 0.05) is 13.7 Å². The average Bonchev–Trinajstić information content (AvgIpc) is 2.93. The number of ether oxygens (including phenoxy) is 1. The Kier molecular flexibility index (Phi) is 5.30. The largest absolute Gasteiger partial charge is 0.379 e. The van der Waals surface area contributed by atoms with E-state index in [4.69, 9.17) is 10.6 Å². The summed E-state index contributed by atoms with van der Waals surface area (Å²) in [5, 5.41) is 4.22. The fourth-order valence-corrected chi connectivity index (χ4v) is 3.14. The number of hydrogen-bond donors (Lipinski definition) is 2. The van der Waals surface area contributed by atoms with Gasteiger partial charge in [0.25, 0.3) is 0 Å². The lowest BCUT2D eigenvalue weighted by atomic mass is 9.82. The van der Waals surface area contributed by atoms with Crippen LogP contribution in [-0.2, 0) is 11.3 Å². The van der Waals surface area contributed by atoms with Gasteiger partial charge >= 0.3 is 0 Å². The molecule has 1 aliphatic carbocycles. The van der Waals surface area contributed by atoms with E-state index in [1.807, 2.05) is 11.6 Å². The quantitative estimate of drug-likeness (QED) is 0.601. The number of nitrogens with one attached hydrogen (secondary N) is 1. The summed E-state index contributed by atoms with van der Waals surface area (Å²) in [6, 6.07) is -0.101. The number of aromatic nitrogens is 3. The minimum absolute atomic E-state index is 0.0554. The molecule has 1 saturated carbocycles. The van der Waals surface area contributed by atoms with Crippen molar-refractivity contribution in [2.24, 2.45) is 11.8 Å². The van der Waals surface area contributed by atoms with Gasteiger partial charge in [0.05, 0.1) is 6.10 Å². The molecule has 1 aromatic rings. The number of hydrazine groups is 1. The molecule has 1 heterocycles. The molecule has 1 aromatic heterocycles. The Bertz CT molecular complexity index is 375. The monoisotopic (exact) mass is 267 g/mol. The zero-order valence-electron chi connectivity index (χ0n) is 11.9. The second-order valence-corrected chi connectivity index (χ2v) is 5.18. The van der Waals surface area contributed by atoms with Crippen molar-refractivity contribution in [2.45, 2.75) is 57.7 Å². The summed E-state index contributed by atoms with van der Waals surface area (Å²) in [4.78, 5) is 4.35. The highest BCUT2D eigenvalue weighted by Crippen LogP contribution is 2.33. The Morgan fingerprint density at radius 2 is 2.21 bits per heavy atom. The lowest BCUT2D eigenvalue weighted by molar-refractivity contribution is 0.00424. The van der Waals surface area contributed by atoms with Crippen molar-refractivity contribution in [2.75, 3.05) is 7.11 Å². The Morgan fingerprint density at radius 3 is 2.79 bits per heavy atom. The lowest BCUT2D eigenvalue weighted by Gasteiger charge is -2.34. The van der Waals surface area contributed by atoms with Crippen LogP contribution in [0.5, 0.6) is 0 Å². The molecule has 0 aliphatic heterocycles. The SMILES string of the molecule is CCn1ncnc1C(NN)C(OC)C1CCCCC1. The van der Waals surface area contributed by atoms with Crippen LogP contribution >= 0.6 is 0 Å². The van der Waals surface area contributed by atoms with Crippen molar-refractivity contribution in [3.05, 3.63) is 12.2 Å². The summed E-state index contributed by atoms with van der Waals surface area (Å²) >= 11 is 0. The van der Waals surface area contributed by atoms with Gasteiger partial charge in [-0.15, -0.1) is 0 Å². The number of methoxy groups -OCH3 is 1. The van der Waals surface area contributed by atoms with Gasteiger partial charge in [0.1, 0.15) is 18.2 Å². The predicted octanol–water partition coefficient (Wildman–Crippen LogP) is 1.40. The molecule has 0 aromatic carbocycles. The van der Waals surface area contributed by atoms with E-state index >= 15 is 0 Å². The fourth-order valence-electron chi connectivity index (χ4n) is 3.14. The fraction of sp³-hybridized carbons (Fsp3) is 0.846. The van der Waals surface area contributed by atoms with Crippen LogP contribution in [0.15, 0.2) is 6.33 Å². The van der Waals surface area contributed by atoms with Crippen molar-refractivity contribution in [3.8, 4) is 0 Å². The van der Waals surface area contributed by atoms with Gasteiger partial charge in [-0.2, -0.15) is 5.10 Å². The molecule has 3 N–H and O–H groups in total. The first kappa shape index (κ1) is 14.4. The molecule has 0 bridgehead atoms. The van der Waals surface area contributed by atoms with Gasteiger partial charge in [-0.05, 0) is 25.7 Å². The van der Waals surface area contributed by atoms with Crippen molar-refractivity contribution in [1.82, 2.24) is 20.2 Å². The van der Waals surface area contributed by atoms with Crippen molar-refractivity contribution < 1.29 is 4.74 Å². The van der Waals surface area contributed by atoms with Gasteiger partial charge in [-0.25, -0.2) is 15.1 Å². The summed E-state index contributed by atoms with van der Waals surface area (Å²) < 4.78 is 7.62. The van der Waals surface area contributed by atoms with Crippen molar-refractivity contribution >= 4 is 0 Å². The van der Waals surface area contributed by atoms with E-state index in [0.29, 0.717) is 5.92 Å². The lowest BCUT2D eigenvalue weighted by Crippen LogP contribution is -2.43. The van der Waals surface area contributed by atoms with Gasteiger partial charge in [0.15, 0.2) is 0 Å². The third-order valence-electron chi connectivity index (χ3n) is 4.12. The third-order valence-corrected chi connectivity index (χ3v) is 4.12. The van der Waals surface area contributed by atoms with Gasteiger partial charge < -0.3 is 4.74 Å². The highest BCUT2D eigenvalue weighted by Gasteiger charge is 2.33. The zero-order valence-corrected chi connectivity index (χ0v) is 11.9. The van der Waals surface area contributed by atoms with E-state index in [-0.39, 0.29) is 12.1 Å². The second-order valence-electron chi connectivity index (χ2n) is 5.18. The van der Waals surface area contributed by atoms with E-state index in [0.717, 1.165) is 12.4 Å². The molecule has 0 saturated heterocycles. The Labute approximate surface area is 114 Å². The first-order valence-electron chi connectivity index (χ1n) is 7.18. The highest BCUT2D eigenvalue weighted by atomic mass is 16.5. The molecule has 6 nitrogen and oxygen atoms in total. The van der Waals surface area contributed by atoms with E-state index < -0.39 is 0 Å². The molecule has 1 aliphatic rings. The number of hydrogen-bond acceptors (Lipinski definition) is 5. The van der Waals surface area contributed by atoms with Crippen LogP contribution < -0.4 is 11.3 Å². The maximum Gasteiger partial charge on any atom is 0.147 e. The molecule has 1 fully saturated rings. The molecule has 6 heteroatoms. The Morgan fingerprint density at radius 1 is 1.47 bits per heavy atom. The summed E-state index contributed by atoms with van der Waals surface area (Å²) in [5.41, 5.74) is 2.88. The minimum Gasteiger partial charge on any atom is -0.379 e. The van der Waals surface area contributed by atoms with Crippen LogP contribution in [0.25, 0.3) is 0 Å². The molecule has 2 atom stereocenters. The summed E-state index contributed by atoms with van der Waals surface area (Å²) in [7, 11) is 1.76. The van der Waals surface area contributed by atoms with Gasteiger partial charge in [0.2, 0.25) is 0 Å². The standard InChI is InChI=1S/C13H25N5O/c1-3-18-13(15-9-16-18)11(17-14)12(19-2)10-7-5-4-6-8-10/h9-12,17H,3-8,14H2,1-2H3. The van der Waals surface area contributed by atoms with E-state index in [1.54, 1.807) is 13.4 Å². The van der Waals surface area contributed by atoms with E-state index in [2.05, 4.69) is 15.5 Å². The molecule has 108 valence electrons. The predicted molar refractivity (Wildman–Crippen MR) is 73.1 cm³/mol. The molecule has 0 amide bonds. The van der Waals surface area contributed by atoms with E-state index in [1.165, 1.54) is 32.1 Å². The number of aryl methyl sites for hydroxylation is 1. The van der Waals surface area contributed by atoms with Crippen LogP contribution in [0.2, 0.25) is 0 Å². The van der Waals surface area contributed by atoms with Crippen molar-refractivity contribution in [1.29, 1.82) is 0 Å². The van der Waals surface area contributed by atoms with Gasteiger partial charge in [-0.1, -0.05) is 19.3 Å². The highest BCUT2D eigenvalue weighted by molar-refractivity contribution is 4.99. The molecular weight excluding hydrogens is 242 g/mol. The maximum atomic E-state index is 5.76. The third kappa shape index (κ3) is 3.13. The number of nitrogens with zero attached hydrogens (tertiary/aromatic N) is 3. The minimum atomic E-state index is -0.101. The van der Waals surface area contributed by atoms with Crippen LogP contribution in [0.4, 0.5) is 0 Å². The van der Waals surface area contributed by atoms with E-state index in [9.17, 15) is 0 Å². The Balaban J connectivity index is 2.18. The normalized spacial score (nSPS) is 20.4. The summed E-state index contributed by atoms with van der Waals surface area (Å²) in [6.07, 6.45) is 7.94. The first-order valence-corrected chi connectivity index (χ1v) is 7.18. The molecular formula is C13H25N5O. The van der Waals surface area contributed by atoms with Crippen molar-refractivity contribution in [3.63, 3.8) is 0 Å². The second kappa shape index (κ2) is 6.98. The molecule has 19 heavy (non-hydrogen) atoms. The van der Waals surface area contributed by atoms with Crippen LogP contribution in [0.3, 0.4) is 0 Å². The first-order chi connectivity index (χ1) is 9.31. The summed E-state index contributed by atoms with van der Waals surface area (Å²) in [5.74, 6) is 7.17. The number of nitrogens with two attached hydrogens (primary N) is 1.